The highest BCUT2D eigenvalue weighted by molar-refractivity contribution is 6.01. The van der Waals surface area contributed by atoms with E-state index in [1.54, 1.807) is 0 Å². The van der Waals surface area contributed by atoms with Gasteiger partial charge in [-0.3, -0.25) is 4.79 Å². The van der Waals surface area contributed by atoms with Crippen LogP contribution in [-0.2, 0) is 6.18 Å². The van der Waals surface area contributed by atoms with Gasteiger partial charge in [0.05, 0.1) is 16.8 Å². The van der Waals surface area contributed by atoms with Crippen LogP contribution in [-0.4, -0.2) is 17.4 Å². The van der Waals surface area contributed by atoms with E-state index < -0.39 is 24.0 Å². The monoisotopic (exact) mass is 232 g/mol. The maximum Gasteiger partial charge on any atom is 0.416 e. The number of aliphatic hydroxyl groups is 1. The molecular weight excluding hydrogens is 225 g/mol. The molecule has 1 aromatic carbocycles. The minimum absolute atomic E-state index is 0.0360. The highest BCUT2D eigenvalue weighted by Gasteiger charge is 2.32. The van der Waals surface area contributed by atoms with Gasteiger partial charge in [-0.1, -0.05) is 0 Å². The maximum absolute atomic E-state index is 12.4. The summed E-state index contributed by atoms with van der Waals surface area (Å²) in [5, 5.41) is 13.5. The van der Waals surface area contributed by atoms with Crippen molar-refractivity contribution in [2.24, 2.45) is 0 Å². The predicted octanol–water partition coefficient (Wildman–Crippen LogP) is 1.14. The zero-order valence-electron chi connectivity index (χ0n) is 7.80. The Hall–Kier alpha value is -1.76. The number of rotatable bonds is 0. The van der Waals surface area contributed by atoms with Crippen molar-refractivity contribution in [2.45, 2.75) is 12.5 Å². The van der Waals surface area contributed by atoms with E-state index in [1.165, 1.54) is 0 Å². The van der Waals surface area contributed by atoms with Crippen molar-refractivity contribution in [3.8, 4) is 0 Å². The van der Waals surface area contributed by atoms with Crippen molar-refractivity contribution in [1.29, 1.82) is 0 Å². The van der Waals surface area contributed by atoms with Gasteiger partial charge in [0.2, 0.25) is 6.35 Å². The molecule has 4 nitrogen and oxygen atoms in total. The summed E-state index contributed by atoms with van der Waals surface area (Å²) in [6.45, 7) is 0. The summed E-state index contributed by atoms with van der Waals surface area (Å²) in [5.41, 5.74) is -0.843. The molecule has 1 atom stereocenters. The number of benzene rings is 1. The molecule has 1 aliphatic rings. The van der Waals surface area contributed by atoms with Crippen LogP contribution in [0.25, 0.3) is 0 Å². The number of halogens is 3. The van der Waals surface area contributed by atoms with Gasteiger partial charge in [0.1, 0.15) is 0 Å². The second kappa shape index (κ2) is 3.38. The van der Waals surface area contributed by atoms with E-state index in [2.05, 4.69) is 10.6 Å². The number of carbonyl (C=O) groups excluding carboxylic acids is 1. The Morgan fingerprint density at radius 2 is 1.94 bits per heavy atom. The third-order valence-electron chi connectivity index (χ3n) is 2.15. The molecule has 0 saturated heterocycles. The second-order valence-corrected chi connectivity index (χ2v) is 3.28. The molecule has 1 heterocycles. The number of nitrogens with one attached hydrogen (secondary N) is 2. The molecule has 0 bridgehead atoms. The van der Waals surface area contributed by atoms with Crippen LogP contribution >= 0.6 is 0 Å². The first-order valence-electron chi connectivity index (χ1n) is 4.34. The predicted molar refractivity (Wildman–Crippen MR) is 48.5 cm³/mol. The summed E-state index contributed by atoms with van der Waals surface area (Å²) in [6.07, 6.45) is -5.85. The lowest BCUT2D eigenvalue weighted by Crippen LogP contribution is -2.44. The summed E-state index contributed by atoms with van der Waals surface area (Å²) in [7, 11) is 0. The molecule has 1 amide bonds. The summed E-state index contributed by atoms with van der Waals surface area (Å²) >= 11 is 0. The molecule has 2 rings (SSSR count). The van der Waals surface area contributed by atoms with Crippen LogP contribution < -0.4 is 10.6 Å². The first-order valence-corrected chi connectivity index (χ1v) is 4.34. The molecular formula is C9H7F3N2O2. The van der Waals surface area contributed by atoms with Crippen LogP contribution in [0.1, 0.15) is 15.9 Å². The van der Waals surface area contributed by atoms with E-state index in [4.69, 9.17) is 5.11 Å². The Bertz CT molecular complexity index is 445. The first-order chi connectivity index (χ1) is 7.38. The van der Waals surface area contributed by atoms with Crippen LogP contribution in [0.3, 0.4) is 0 Å². The van der Waals surface area contributed by atoms with E-state index in [1.807, 2.05) is 0 Å². The van der Waals surface area contributed by atoms with Gasteiger partial charge in [-0.15, -0.1) is 0 Å². The number of aliphatic hydroxyl groups excluding tert-OH is 1. The molecule has 86 valence electrons. The van der Waals surface area contributed by atoms with Crippen molar-refractivity contribution in [2.75, 3.05) is 5.32 Å². The summed E-state index contributed by atoms with van der Waals surface area (Å²) in [5.74, 6) is -0.616. The van der Waals surface area contributed by atoms with Crippen LogP contribution in [0.15, 0.2) is 18.2 Å². The fourth-order valence-corrected chi connectivity index (χ4v) is 1.42. The van der Waals surface area contributed by atoms with Crippen LogP contribution in [0.2, 0.25) is 0 Å². The highest BCUT2D eigenvalue weighted by Crippen LogP contribution is 2.32. The standard InChI is InChI=1S/C9H7F3N2O2/c10-9(11,12)4-1-2-5-6(3-4)13-8(16)14-7(5)15/h1-3,8,13,16H,(H,14,15). The number of anilines is 1. The zero-order chi connectivity index (χ0) is 11.9. The molecule has 0 saturated carbocycles. The van der Waals surface area contributed by atoms with E-state index in [9.17, 15) is 18.0 Å². The zero-order valence-corrected chi connectivity index (χ0v) is 7.80. The largest absolute Gasteiger partial charge is 0.416 e. The van der Waals surface area contributed by atoms with E-state index in [0.29, 0.717) is 0 Å². The van der Waals surface area contributed by atoms with Gasteiger partial charge in [0.15, 0.2) is 0 Å². The number of hydrogen-bond acceptors (Lipinski definition) is 3. The lowest BCUT2D eigenvalue weighted by atomic mass is 10.1. The molecule has 16 heavy (non-hydrogen) atoms. The molecule has 7 heteroatoms. The van der Waals surface area contributed by atoms with Gasteiger partial charge in [-0.05, 0) is 18.2 Å². The van der Waals surface area contributed by atoms with Crippen LogP contribution in [0, 0.1) is 0 Å². The lowest BCUT2D eigenvalue weighted by Gasteiger charge is -2.24. The van der Waals surface area contributed by atoms with E-state index in [-0.39, 0.29) is 11.3 Å². The highest BCUT2D eigenvalue weighted by atomic mass is 19.4. The normalized spacial score (nSPS) is 19.8. The molecule has 1 aromatic rings. The number of alkyl halides is 3. The Kier molecular flexibility index (Phi) is 2.27. The van der Waals surface area contributed by atoms with Crippen LogP contribution in [0.4, 0.5) is 18.9 Å². The molecule has 1 aliphatic heterocycles. The smallest absolute Gasteiger partial charge is 0.356 e. The minimum Gasteiger partial charge on any atom is -0.356 e. The van der Waals surface area contributed by atoms with Gasteiger partial charge in [-0.25, -0.2) is 0 Å². The lowest BCUT2D eigenvalue weighted by molar-refractivity contribution is -0.137. The van der Waals surface area contributed by atoms with Gasteiger partial charge < -0.3 is 15.7 Å². The average molecular weight is 232 g/mol. The first kappa shape index (κ1) is 10.7. The fourth-order valence-electron chi connectivity index (χ4n) is 1.42. The number of hydrogen-bond donors (Lipinski definition) is 3. The summed E-state index contributed by atoms with van der Waals surface area (Å²) in [4.78, 5) is 11.3. The second-order valence-electron chi connectivity index (χ2n) is 3.28. The van der Waals surface area contributed by atoms with Gasteiger partial charge >= 0.3 is 6.18 Å². The van der Waals surface area contributed by atoms with E-state index in [0.717, 1.165) is 18.2 Å². The van der Waals surface area contributed by atoms with Gasteiger partial charge in [0, 0.05) is 0 Å². The molecule has 1 unspecified atom stereocenters. The van der Waals surface area contributed by atoms with Crippen molar-refractivity contribution in [1.82, 2.24) is 5.32 Å². The number of fused-ring (bicyclic) bond motifs is 1. The molecule has 0 radical (unpaired) electrons. The van der Waals surface area contributed by atoms with Crippen molar-refractivity contribution >= 4 is 11.6 Å². The van der Waals surface area contributed by atoms with Gasteiger partial charge in [-0.2, -0.15) is 13.2 Å². The molecule has 0 aliphatic carbocycles. The average Bonchev–Trinajstić information content (AvgIpc) is 2.15. The minimum atomic E-state index is -4.48. The Balaban J connectivity index is 2.46. The van der Waals surface area contributed by atoms with Crippen LogP contribution in [0.5, 0.6) is 0 Å². The molecule has 0 spiro atoms. The third kappa shape index (κ3) is 1.81. The topological polar surface area (TPSA) is 61.4 Å². The number of amides is 1. The Morgan fingerprint density at radius 3 is 2.56 bits per heavy atom. The van der Waals surface area contributed by atoms with Crippen molar-refractivity contribution in [3.63, 3.8) is 0 Å². The Morgan fingerprint density at radius 1 is 1.25 bits per heavy atom. The Labute approximate surface area is 88.1 Å². The molecule has 0 fully saturated rings. The summed E-state index contributed by atoms with van der Waals surface area (Å²) in [6, 6.07) is 2.67. The summed E-state index contributed by atoms with van der Waals surface area (Å²) < 4.78 is 37.1. The quantitative estimate of drug-likeness (QED) is 0.628. The molecule has 3 N–H and O–H groups in total. The maximum atomic E-state index is 12.4. The number of carbonyl (C=O) groups is 1. The van der Waals surface area contributed by atoms with Crippen molar-refractivity contribution in [3.05, 3.63) is 29.3 Å². The van der Waals surface area contributed by atoms with E-state index >= 15 is 0 Å². The SMILES string of the molecule is O=C1NC(O)Nc2cc(C(F)(F)F)ccc21. The third-order valence-corrected chi connectivity index (χ3v) is 2.15. The molecule has 0 aromatic heterocycles. The fraction of sp³-hybridized carbons (Fsp3) is 0.222. The van der Waals surface area contributed by atoms with Gasteiger partial charge in [0.25, 0.3) is 5.91 Å². The van der Waals surface area contributed by atoms with Crippen molar-refractivity contribution < 1.29 is 23.1 Å².